The molecular formula is C11H13NO3S. The van der Waals surface area contributed by atoms with Gasteiger partial charge < -0.3 is 15.6 Å². The fourth-order valence-corrected chi connectivity index (χ4v) is 2.70. The van der Waals surface area contributed by atoms with E-state index in [1.54, 1.807) is 12.1 Å². The third kappa shape index (κ3) is 2.41. The third-order valence-electron chi connectivity index (χ3n) is 2.42. The zero-order valence-corrected chi connectivity index (χ0v) is 9.50. The number of carbonyl (C=O) groups is 1. The van der Waals surface area contributed by atoms with E-state index in [4.69, 9.17) is 15.6 Å². The Bertz CT molecular complexity index is 402. The van der Waals surface area contributed by atoms with Crippen LogP contribution in [0.25, 0.3) is 0 Å². The summed E-state index contributed by atoms with van der Waals surface area (Å²) >= 11 is 1.82. The highest BCUT2D eigenvalue weighted by molar-refractivity contribution is 7.99. The molecule has 1 fully saturated rings. The van der Waals surface area contributed by atoms with Crippen molar-refractivity contribution in [2.24, 2.45) is 0 Å². The SMILES string of the molecule is Nc1ccc(OC2CCSC2)c(C(=O)O)c1. The average Bonchev–Trinajstić information content (AvgIpc) is 2.73. The Balaban J connectivity index is 2.21. The lowest BCUT2D eigenvalue weighted by Gasteiger charge is -2.14. The highest BCUT2D eigenvalue weighted by Gasteiger charge is 2.20. The predicted molar refractivity (Wildman–Crippen MR) is 64.2 cm³/mol. The van der Waals surface area contributed by atoms with Crippen molar-refractivity contribution in [3.05, 3.63) is 23.8 Å². The fraction of sp³-hybridized carbons (Fsp3) is 0.364. The van der Waals surface area contributed by atoms with Crippen LogP contribution in [0.4, 0.5) is 5.69 Å². The average molecular weight is 239 g/mol. The molecule has 1 atom stereocenters. The van der Waals surface area contributed by atoms with E-state index >= 15 is 0 Å². The highest BCUT2D eigenvalue weighted by Crippen LogP contribution is 2.27. The molecule has 1 unspecified atom stereocenters. The molecule has 0 radical (unpaired) electrons. The van der Waals surface area contributed by atoms with Crippen LogP contribution in [0.15, 0.2) is 18.2 Å². The van der Waals surface area contributed by atoms with Gasteiger partial charge in [0, 0.05) is 11.4 Å². The molecule has 16 heavy (non-hydrogen) atoms. The van der Waals surface area contributed by atoms with Gasteiger partial charge in [-0.3, -0.25) is 0 Å². The van der Waals surface area contributed by atoms with Gasteiger partial charge in [0.2, 0.25) is 0 Å². The number of ether oxygens (including phenoxy) is 1. The number of thioether (sulfide) groups is 1. The fourth-order valence-electron chi connectivity index (χ4n) is 1.60. The maximum absolute atomic E-state index is 11.0. The molecule has 4 nitrogen and oxygen atoms in total. The third-order valence-corrected chi connectivity index (χ3v) is 3.55. The number of aromatic carboxylic acids is 1. The zero-order chi connectivity index (χ0) is 11.5. The minimum atomic E-state index is -1.01. The topological polar surface area (TPSA) is 72.5 Å². The molecule has 86 valence electrons. The molecule has 0 aromatic heterocycles. The summed E-state index contributed by atoms with van der Waals surface area (Å²) in [7, 11) is 0. The van der Waals surface area contributed by atoms with Crippen LogP contribution in [0.2, 0.25) is 0 Å². The minimum absolute atomic E-state index is 0.117. The second-order valence-electron chi connectivity index (χ2n) is 3.66. The molecule has 0 bridgehead atoms. The van der Waals surface area contributed by atoms with E-state index in [1.165, 1.54) is 6.07 Å². The van der Waals surface area contributed by atoms with Crippen LogP contribution in [-0.2, 0) is 0 Å². The van der Waals surface area contributed by atoms with E-state index in [-0.39, 0.29) is 11.7 Å². The Kier molecular flexibility index (Phi) is 3.24. The van der Waals surface area contributed by atoms with Crippen LogP contribution in [0.3, 0.4) is 0 Å². The number of anilines is 1. The Morgan fingerprint density at radius 3 is 3.00 bits per heavy atom. The molecule has 0 amide bonds. The summed E-state index contributed by atoms with van der Waals surface area (Å²) in [4.78, 5) is 11.0. The maximum atomic E-state index is 11.0. The molecule has 1 aliphatic heterocycles. The van der Waals surface area contributed by atoms with Gasteiger partial charge in [0.1, 0.15) is 17.4 Å². The summed E-state index contributed by atoms with van der Waals surface area (Å²) in [5.74, 6) is 1.40. The second kappa shape index (κ2) is 4.65. The normalized spacial score (nSPS) is 19.6. The van der Waals surface area contributed by atoms with Gasteiger partial charge in [0.05, 0.1) is 0 Å². The molecule has 1 saturated heterocycles. The molecule has 1 aliphatic rings. The van der Waals surface area contributed by atoms with E-state index in [2.05, 4.69) is 0 Å². The number of hydrogen-bond donors (Lipinski definition) is 2. The number of carboxylic acids is 1. The summed E-state index contributed by atoms with van der Waals surface area (Å²) in [6.07, 6.45) is 1.08. The van der Waals surface area contributed by atoms with E-state index in [1.807, 2.05) is 11.8 Å². The first-order valence-electron chi connectivity index (χ1n) is 5.04. The van der Waals surface area contributed by atoms with Gasteiger partial charge in [-0.25, -0.2) is 4.79 Å². The van der Waals surface area contributed by atoms with Gasteiger partial charge in [-0.1, -0.05) is 0 Å². The van der Waals surface area contributed by atoms with Gasteiger partial charge in [-0.2, -0.15) is 11.8 Å². The van der Waals surface area contributed by atoms with Gasteiger partial charge in [0.15, 0.2) is 0 Å². The number of hydrogen-bond acceptors (Lipinski definition) is 4. The van der Waals surface area contributed by atoms with E-state index < -0.39 is 5.97 Å². The lowest BCUT2D eigenvalue weighted by Crippen LogP contribution is -2.16. The van der Waals surface area contributed by atoms with Crippen LogP contribution < -0.4 is 10.5 Å². The maximum Gasteiger partial charge on any atom is 0.339 e. The van der Waals surface area contributed by atoms with E-state index in [0.717, 1.165) is 17.9 Å². The first kappa shape index (κ1) is 11.1. The minimum Gasteiger partial charge on any atom is -0.489 e. The molecule has 0 spiro atoms. The number of carboxylic acid groups (broad SMARTS) is 1. The van der Waals surface area contributed by atoms with Gasteiger partial charge in [0.25, 0.3) is 0 Å². The quantitative estimate of drug-likeness (QED) is 0.787. The number of nitrogens with two attached hydrogens (primary N) is 1. The smallest absolute Gasteiger partial charge is 0.339 e. The van der Waals surface area contributed by atoms with Crippen molar-refractivity contribution >= 4 is 23.4 Å². The number of nitrogen functional groups attached to an aromatic ring is 1. The standard InChI is InChI=1S/C11H13NO3S/c12-7-1-2-10(9(5-7)11(13)14)15-8-3-4-16-6-8/h1-2,5,8H,3-4,6,12H2,(H,13,14). The van der Waals surface area contributed by atoms with Crippen molar-refractivity contribution in [1.82, 2.24) is 0 Å². The Morgan fingerprint density at radius 1 is 1.56 bits per heavy atom. The lowest BCUT2D eigenvalue weighted by atomic mass is 10.1. The van der Waals surface area contributed by atoms with Crippen LogP contribution in [0, 0.1) is 0 Å². The van der Waals surface area contributed by atoms with Crippen LogP contribution in [0.5, 0.6) is 5.75 Å². The molecule has 1 heterocycles. The van der Waals surface area contributed by atoms with Crippen molar-refractivity contribution in [2.75, 3.05) is 17.2 Å². The molecular weight excluding hydrogens is 226 g/mol. The largest absolute Gasteiger partial charge is 0.489 e. The van der Waals surface area contributed by atoms with Gasteiger partial charge in [-0.05, 0) is 30.4 Å². The highest BCUT2D eigenvalue weighted by atomic mass is 32.2. The molecule has 0 saturated carbocycles. The molecule has 1 aromatic rings. The van der Waals surface area contributed by atoms with Crippen LogP contribution >= 0.6 is 11.8 Å². The molecule has 5 heteroatoms. The Hall–Kier alpha value is -1.36. The van der Waals surface area contributed by atoms with E-state index in [9.17, 15) is 4.79 Å². The molecule has 0 aliphatic carbocycles. The van der Waals surface area contributed by atoms with Crippen LogP contribution in [-0.4, -0.2) is 28.7 Å². The summed E-state index contributed by atoms with van der Waals surface area (Å²) in [5.41, 5.74) is 6.12. The zero-order valence-electron chi connectivity index (χ0n) is 8.68. The van der Waals surface area contributed by atoms with Crippen molar-refractivity contribution in [3.8, 4) is 5.75 Å². The van der Waals surface area contributed by atoms with Crippen molar-refractivity contribution in [2.45, 2.75) is 12.5 Å². The predicted octanol–water partition coefficient (Wildman–Crippen LogP) is 1.85. The summed E-state index contributed by atoms with van der Waals surface area (Å²) < 4.78 is 5.67. The summed E-state index contributed by atoms with van der Waals surface area (Å²) in [6, 6.07) is 4.71. The van der Waals surface area contributed by atoms with E-state index in [0.29, 0.717) is 11.4 Å². The molecule has 2 rings (SSSR count). The summed E-state index contributed by atoms with van der Waals surface area (Å²) in [5, 5.41) is 9.02. The van der Waals surface area contributed by atoms with Crippen molar-refractivity contribution in [3.63, 3.8) is 0 Å². The van der Waals surface area contributed by atoms with Crippen LogP contribution in [0.1, 0.15) is 16.8 Å². The Morgan fingerprint density at radius 2 is 2.38 bits per heavy atom. The van der Waals surface area contributed by atoms with Crippen molar-refractivity contribution < 1.29 is 14.6 Å². The van der Waals surface area contributed by atoms with Gasteiger partial charge >= 0.3 is 5.97 Å². The van der Waals surface area contributed by atoms with Crippen molar-refractivity contribution in [1.29, 1.82) is 0 Å². The molecule has 3 N–H and O–H groups in total. The second-order valence-corrected chi connectivity index (χ2v) is 4.81. The first-order valence-corrected chi connectivity index (χ1v) is 6.19. The number of benzene rings is 1. The Labute approximate surface area is 97.8 Å². The number of rotatable bonds is 3. The first-order chi connectivity index (χ1) is 7.66. The monoisotopic (exact) mass is 239 g/mol. The summed E-state index contributed by atoms with van der Waals surface area (Å²) in [6.45, 7) is 0. The van der Waals surface area contributed by atoms with Gasteiger partial charge in [-0.15, -0.1) is 0 Å². The lowest BCUT2D eigenvalue weighted by molar-refractivity contribution is 0.0690. The molecule has 1 aromatic carbocycles.